The number of carbonyl (C=O) groups excluding carboxylic acids is 1. The second-order valence-corrected chi connectivity index (χ2v) is 5.44. The molecule has 0 unspecified atom stereocenters. The van der Waals surface area contributed by atoms with Crippen LogP contribution in [0.15, 0.2) is 37.9 Å². The first-order valence-electron chi connectivity index (χ1n) is 6.47. The first-order valence-corrected chi connectivity index (χ1v) is 7.42. The van der Waals surface area contributed by atoms with Crippen LogP contribution < -0.4 is 5.32 Å². The second-order valence-electron chi connectivity index (χ2n) is 4.66. The van der Waals surface area contributed by atoms with Gasteiger partial charge in [0.1, 0.15) is 22.8 Å². The first-order chi connectivity index (χ1) is 10.1. The Morgan fingerprint density at radius 2 is 2.19 bits per heavy atom. The van der Waals surface area contributed by atoms with Crippen LogP contribution in [-0.4, -0.2) is 11.1 Å². The molecule has 108 valence electrons. The molecule has 0 atom stereocenters. The Bertz CT molecular complexity index is 736. The molecule has 0 saturated carbocycles. The number of amides is 1. The predicted molar refractivity (Wildman–Crippen MR) is 79.2 cm³/mol. The van der Waals surface area contributed by atoms with Crippen LogP contribution in [0.2, 0.25) is 0 Å². The van der Waals surface area contributed by atoms with Crippen molar-refractivity contribution in [3.63, 3.8) is 0 Å². The molecule has 0 spiro atoms. The summed E-state index contributed by atoms with van der Waals surface area (Å²) in [6.07, 6.45) is 0. The minimum Gasteiger partial charge on any atom is -0.459 e. The molecule has 3 aromatic heterocycles. The van der Waals surface area contributed by atoms with E-state index < -0.39 is 0 Å². The summed E-state index contributed by atoms with van der Waals surface area (Å²) >= 11 is 1.62. The SMILES string of the molecule is Cc1noc(C)c1C(=O)NCc1ccc(-c2ccsc2)o1. The highest BCUT2D eigenvalue weighted by atomic mass is 32.1. The van der Waals surface area contributed by atoms with Gasteiger partial charge in [0.15, 0.2) is 0 Å². The van der Waals surface area contributed by atoms with Crippen molar-refractivity contribution in [2.24, 2.45) is 0 Å². The second kappa shape index (κ2) is 5.57. The Hall–Kier alpha value is -2.34. The highest BCUT2D eigenvalue weighted by molar-refractivity contribution is 7.08. The maximum Gasteiger partial charge on any atom is 0.257 e. The van der Waals surface area contributed by atoms with Crippen LogP contribution >= 0.6 is 11.3 Å². The van der Waals surface area contributed by atoms with Crippen molar-refractivity contribution in [2.45, 2.75) is 20.4 Å². The number of aromatic nitrogens is 1. The summed E-state index contributed by atoms with van der Waals surface area (Å²) in [4.78, 5) is 12.1. The van der Waals surface area contributed by atoms with Crippen LogP contribution in [0.5, 0.6) is 0 Å². The molecule has 1 amide bonds. The van der Waals surface area contributed by atoms with Crippen molar-refractivity contribution in [1.29, 1.82) is 0 Å². The molecule has 0 aliphatic carbocycles. The lowest BCUT2D eigenvalue weighted by Gasteiger charge is -2.02. The van der Waals surface area contributed by atoms with Gasteiger partial charge in [0, 0.05) is 10.9 Å². The molecule has 3 heterocycles. The van der Waals surface area contributed by atoms with Crippen molar-refractivity contribution < 1.29 is 13.7 Å². The third-order valence-corrected chi connectivity index (χ3v) is 3.83. The van der Waals surface area contributed by atoms with Crippen LogP contribution in [0.4, 0.5) is 0 Å². The van der Waals surface area contributed by atoms with E-state index >= 15 is 0 Å². The number of aryl methyl sites for hydroxylation is 2. The Balaban J connectivity index is 1.67. The molecule has 6 heteroatoms. The van der Waals surface area contributed by atoms with Crippen LogP contribution in [0.1, 0.15) is 27.6 Å². The Labute approximate surface area is 125 Å². The van der Waals surface area contributed by atoms with E-state index in [0.29, 0.717) is 29.3 Å². The lowest BCUT2D eigenvalue weighted by Crippen LogP contribution is -2.23. The fourth-order valence-corrected chi connectivity index (χ4v) is 2.74. The maximum absolute atomic E-state index is 12.1. The van der Waals surface area contributed by atoms with Gasteiger partial charge in [-0.15, -0.1) is 0 Å². The van der Waals surface area contributed by atoms with Crippen molar-refractivity contribution in [1.82, 2.24) is 10.5 Å². The molecule has 0 aromatic carbocycles. The molecule has 3 aromatic rings. The molecule has 0 fully saturated rings. The number of hydrogen-bond donors (Lipinski definition) is 1. The molecule has 1 N–H and O–H groups in total. The summed E-state index contributed by atoms with van der Waals surface area (Å²) in [5, 5.41) is 10.6. The summed E-state index contributed by atoms with van der Waals surface area (Å²) < 4.78 is 10.7. The molecule has 0 aliphatic rings. The zero-order valence-electron chi connectivity index (χ0n) is 11.7. The van der Waals surface area contributed by atoms with Gasteiger partial charge in [-0.3, -0.25) is 4.79 Å². The third kappa shape index (κ3) is 2.75. The molecule has 0 bridgehead atoms. The molecule has 3 rings (SSSR count). The average Bonchev–Trinajstić information content (AvgIpc) is 3.17. The van der Waals surface area contributed by atoms with Crippen LogP contribution in [0, 0.1) is 13.8 Å². The van der Waals surface area contributed by atoms with Crippen LogP contribution in [0.3, 0.4) is 0 Å². The van der Waals surface area contributed by atoms with E-state index in [2.05, 4.69) is 10.5 Å². The number of carbonyl (C=O) groups is 1. The summed E-state index contributed by atoms with van der Waals surface area (Å²) in [5.74, 6) is 1.82. The van der Waals surface area contributed by atoms with Crippen molar-refractivity contribution in [2.75, 3.05) is 0 Å². The zero-order valence-corrected chi connectivity index (χ0v) is 12.5. The highest BCUT2D eigenvalue weighted by Crippen LogP contribution is 2.24. The van der Waals surface area contributed by atoms with E-state index in [4.69, 9.17) is 8.94 Å². The smallest absolute Gasteiger partial charge is 0.257 e. The number of rotatable bonds is 4. The molecule has 0 radical (unpaired) electrons. The van der Waals surface area contributed by atoms with E-state index in [1.165, 1.54) is 0 Å². The quantitative estimate of drug-likeness (QED) is 0.800. The largest absolute Gasteiger partial charge is 0.459 e. The van der Waals surface area contributed by atoms with Gasteiger partial charge in [-0.05, 0) is 37.4 Å². The minimum atomic E-state index is -0.209. The van der Waals surface area contributed by atoms with Gasteiger partial charge < -0.3 is 14.3 Å². The fraction of sp³-hybridized carbons (Fsp3) is 0.200. The molecule has 0 saturated heterocycles. The maximum atomic E-state index is 12.1. The zero-order chi connectivity index (χ0) is 14.8. The van der Waals surface area contributed by atoms with Gasteiger partial charge in [-0.2, -0.15) is 11.3 Å². The van der Waals surface area contributed by atoms with E-state index in [1.807, 2.05) is 29.0 Å². The molecule has 0 aliphatic heterocycles. The number of nitrogens with one attached hydrogen (secondary N) is 1. The standard InChI is InChI=1S/C15H14N2O3S/c1-9-14(10(2)20-17-9)15(18)16-7-12-3-4-13(19-12)11-5-6-21-8-11/h3-6,8H,7H2,1-2H3,(H,16,18). The third-order valence-electron chi connectivity index (χ3n) is 3.15. The normalized spacial score (nSPS) is 10.8. The van der Waals surface area contributed by atoms with Crippen molar-refractivity contribution in [3.05, 3.63) is 51.7 Å². The lowest BCUT2D eigenvalue weighted by atomic mass is 10.2. The molecular formula is C15H14N2O3S. The van der Waals surface area contributed by atoms with Gasteiger partial charge in [0.05, 0.1) is 12.2 Å². The van der Waals surface area contributed by atoms with Gasteiger partial charge >= 0.3 is 0 Å². The Morgan fingerprint density at radius 1 is 1.33 bits per heavy atom. The van der Waals surface area contributed by atoms with Gasteiger partial charge in [0.2, 0.25) is 0 Å². The average molecular weight is 302 g/mol. The van der Waals surface area contributed by atoms with Gasteiger partial charge in [-0.1, -0.05) is 5.16 Å². The lowest BCUT2D eigenvalue weighted by molar-refractivity contribution is 0.0946. The van der Waals surface area contributed by atoms with Crippen molar-refractivity contribution >= 4 is 17.2 Å². The Kier molecular flexibility index (Phi) is 3.62. The summed E-state index contributed by atoms with van der Waals surface area (Å²) in [7, 11) is 0. The summed E-state index contributed by atoms with van der Waals surface area (Å²) in [6.45, 7) is 3.79. The van der Waals surface area contributed by atoms with Gasteiger partial charge in [0.25, 0.3) is 5.91 Å². The van der Waals surface area contributed by atoms with E-state index in [1.54, 1.807) is 25.2 Å². The summed E-state index contributed by atoms with van der Waals surface area (Å²) in [6, 6.07) is 5.76. The van der Waals surface area contributed by atoms with Crippen LogP contribution in [0.25, 0.3) is 11.3 Å². The number of furan rings is 1. The van der Waals surface area contributed by atoms with Gasteiger partial charge in [-0.25, -0.2) is 0 Å². The van der Waals surface area contributed by atoms with E-state index in [-0.39, 0.29) is 5.91 Å². The first kappa shape index (κ1) is 13.6. The predicted octanol–water partition coefficient (Wildman–Crippen LogP) is 3.54. The van der Waals surface area contributed by atoms with Crippen molar-refractivity contribution in [3.8, 4) is 11.3 Å². The number of nitrogens with zero attached hydrogens (tertiary/aromatic N) is 1. The Morgan fingerprint density at radius 3 is 2.86 bits per heavy atom. The molecule has 21 heavy (non-hydrogen) atoms. The monoisotopic (exact) mass is 302 g/mol. The highest BCUT2D eigenvalue weighted by Gasteiger charge is 2.17. The van der Waals surface area contributed by atoms with Crippen LogP contribution in [-0.2, 0) is 6.54 Å². The number of hydrogen-bond acceptors (Lipinski definition) is 5. The van der Waals surface area contributed by atoms with E-state index in [0.717, 1.165) is 11.3 Å². The topological polar surface area (TPSA) is 68.3 Å². The minimum absolute atomic E-state index is 0.209. The number of thiophene rings is 1. The molecular weight excluding hydrogens is 288 g/mol. The summed E-state index contributed by atoms with van der Waals surface area (Å²) in [5.41, 5.74) is 2.12. The molecule has 5 nitrogen and oxygen atoms in total. The van der Waals surface area contributed by atoms with E-state index in [9.17, 15) is 4.79 Å². The fourth-order valence-electron chi connectivity index (χ4n) is 2.10.